The number of para-hydroxylation sites is 1. The van der Waals surface area contributed by atoms with E-state index in [2.05, 4.69) is 10.6 Å². The standard InChI is InChI=1S/C16H16N4O4/c17-7-3-8-18-13(21)10-20-14(22)16(19-15(20)23)6-9-24-12-5-2-1-4-11(12)16/h1-2,4-5H,3,6,8-10H2,(H,18,21)(H,19,23)/t16-/m1/s1. The Bertz CT molecular complexity index is 742. The Balaban J connectivity index is 1.80. The van der Waals surface area contributed by atoms with Gasteiger partial charge in [-0.1, -0.05) is 18.2 Å². The van der Waals surface area contributed by atoms with E-state index in [4.69, 9.17) is 10.00 Å². The minimum absolute atomic E-state index is 0.167. The summed E-state index contributed by atoms with van der Waals surface area (Å²) in [6.45, 7) is 0.104. The van der Waals surface area contributed by atoms with Crippen molar-refractivity contribution in [2.45, 2.75) is 18.4 Å². The van der Waals surface area contributed by atoms with Crippen LogP contribution in [0.2, 0.25) is 0 Å². The number of carbonyl (C=O) groups excluding carboxylic acids is 3. The molecule has 0 aromatic heterocycles. The predicted octanol–water partition coefficient (Wildman–Crippen LogP) is 0.246. The molecule has 8 heteroatoms. The number of nitrogens with zero attached hydrogens (tertiary/aromatic N) is 2. The fourth-order valence-electron chi connectivity index (χ4n) is 2.97. The van der Waals surface area contributed by atoms with Crippen LogP contribution >= 0.6 is 0 Å². The smallest absolute Gasteiger partial charge is 0.325 e. The lowest BCUT2D eigenvalue weighted by molar-refractivity contribution is -0.136. The number of imide groups is 1. The SMILES string of the molecule is N#CCCNC(=O)CN1C(=O)N[C@@]2(CCOc3ccccc32)C1=O. The van der Waals surface area contributed by atoms with Crippen molar-refractivity contribution in [1.29, 1.82) is 5.26 Å². The Labute approximate surface area is 138 Å². The van der Waals surface area contributed by atoms with E-state index < -0.39 is 23.4 Å². The van der Waals surface area contributed by atoms with Gasteiger partial charge in [0.15, 0.2) is 5.54 Å². The third-order valence-electron chi connectivity index (χ3n) is 4.12. The van der Waals surface area contributed by atoms with Gasteiger partial charge in [0.25, 0.3) is 5.91 Å². The summed E-state index contributed by atoms with van der Waals surface area (Å²) in [5.74, 6) is -0.387. The molecule has 1 saturated heterocycles. The van der Waals surface area contributed by atoms with Gasteiger partial charge in [-0.05, 0) is 6.07 Å². The number of fused-ring (bicyclic) bond motifs is 2. The maximum absolute atomic E-state index is 12.9. The fourth-order valence-corrected chi connectivity index (χ4v) is 2.97. The van der Waals surface area contributed by atoms with Crippen LogP contribution in [0.4, 0.5) is 4.79 Å². The molecule has 24 heavy (non-hydrogen) atoms. The molecule has 0 saturated carbocycles. The highest BCUT2D eigenvalue weighted by Gasteiger charge is 2.55. The molecule has 2 N–H and O–H groups in total. The number of nitrogens with one attached hydrogen (secondary N) is 2. The highest BCUT2D eigenvalue weighted by Crippen LogP contribution is 2.40. The molecular weight excluding hydrogens is 312 g/mol. The van der Waals surface area contributed by atoms with Crippen molar-refractivity contribution in [2.75, 3.05) is 19.7 Å². The van der Waals surface area contributed by atoms with Crippen LogP contribution in [0.3, 0.4) is 0 Å². The van der Waals surface area contributed by atoms with E-state index in [1.54, 1.807) is 24.3 Å². The molecule has 0 aliphatic carbocycles. The normalized spacial score (nSPS) is 21.7. The van der Waals surface area contributed by atoms with Crippen molar-refractivity contribution < 1.29 is 19.1 Å². The molecule has 0 unspecified atom stereocenters. The second-order valence-corrected chi connectivity index (χ2v) is 5.58. The average Bonchev–Trinajstić information content (AvgIpc) is 2.81. The van der Waals surface area contributed by atoms with Crippen LogP contribution in [0.25, 0.3) is 0 Å². The Morgan fingerprint density at radius 1 is 1.42 bits per heavy atom. The number of benzene rings is 1. The minimum Gasteiger partial charge on any atom is -0.493 e. The van der Waals surface area contributed by atoms with Gasteiger partial charge in [0, 0.05) is 18.5 Å². The van der Waals surface area contributed by atoms with E-state index >= 15 is 0 Å². The Hall–Kier alpha value is -3.08. The monoisotopic (exact) mass is 328 g/mol. The molecule has 0 radical (unpaired) electrons. The average molecular weight is 328 g/mol. The molecule has 0 bridgehead atoms. The van der Waals surface area contributed by atoms with Gasteiger partial charge < -0.3 is 15.4 Å². The molecule has 1 aromatic rings. The number of carbonyl (C=O) groups is 3. The molecule has 1 atom stereocenters. The molecule has 3 rings (SSSR count). The minimum atomic E-state index is -1.18. The first-order valence-corrected chi connectivity index (χ1v) is 7.58. The first-order valence-electron chi connectivity index (χ1n) is 7.58. The van der Waals surface area contributed by atoms with E-state index in [0.29, 0.717) is 24.3 Å². The summed E-state index contributed by atoms with van der Waals surface area (Å²) in [4.78, 5) is 37.9. The van der Waals surface area contributed by atoms with E-state index in [1.165, 1.54) is 0 Å². The van der Waals surface area contributed by atoms with Gasteiger partial charge >= 0.3 is 6.03 Å². The van der Waals surface area contributed by atoms with Crippen molar-refractivity contribution in [3.05, 3.63) is 29.8 Å². The molecule has 1 spiro atoms. The summed E-state index contributed by atoms with van der Waals surface area (Å²) in [5.41, 5.74) is -0.583. The first-order chi connectivity index (χ1) is 11.6. The van der Waals surface area contributed by atoms with Gasteiger partial charge in [-0.3, -0.25) is 14.5 Å². The molecular formula is C16H16N4O4. The topological polar surface area (TPSA) is 112 Å². The Morgan fingerprint density at radius 3 is 3.00 bits per heavy atom. The van der Waals surface area contributed by atoms with Crippen LogP contribution in [0.15, 0.2) is 24.3 Å². The second kappa shape index (κ2) is 6.20. The maximum Gasteiger partial charge on any atom is 0.325 e. The van der Waals surface area contributed by atoms with E-state index in [-0.39, 0.29) is 19.5 Å². The number of hydrogen-bond donors (Lipinski definition) is 2. The summed E-state index contributed by atoms with van der Waals surface area (Å²) < 4.78 is 5.54. The summed E-state index contributed by atoms with van der Waals surface area (Å²) >= 11 is 0. The summed E-state index contributed by atoms with van der Waals surface area (Å²) in [5, 5.41) is 13.7. The zero-order valence-electron chi connectivity index (χ0n) is 12.9. The van der Waals surface area contributed by atoms with Crippen LogP contribution in [0, 0.1) is 11.3 Å². The van der Waals surface area contributed by atoms with Crippen LogP contribution in [0.1, 0.15) is 18.4 Å². The predicted molar refractivity (Wildman–Crippen MR) is 81.7 cm³/mol. The molecule has 1 aromatic carbocycles. The molecule has 8 nitrogen and oxygen atoms in total. The van der Waals surface area contributed by atoms with Gasteiger partial charge in [-0.25, -0.2) is 4.79 Å². The quantitative estimate of drug-likeness (QED) is 0.608. The van der Waals surface area contributed by atoms with E-state index in [9.17, 15) is 14.4 Å². The number of rotatable bonds is 4. The molecule has 2 aliphatic rings. The number of amides is 4. The molecule has 124 valence electrons. The van der Waals surface area contributed by atoms with Crippen molar-refractivity contribution in [3.63, 3.8) is 0 Å². The highest BCUT2D eigenvalue weighted by atomic mass is 16.5. The summed E-state index contributed by atoms with van der Waals surface area (Å²) in [6.07, 6.45) is 0.474. The van der Waals surface area contributed by atoms with Gasteiger partial charge in [-0.15, -0.1) is 0 Å². The Morgan fingerprint density at radius 2 is 2.21 bits per heavy atom. The number of urea groups is 1. The Kier molecular flexibility index (Phi) is 4.08. The van der Waals surface area contributed by atoms with Gasteiger partial charge in [0.1, 0.15) is 12.3 Å². The zero-order valence-corrected chi connectivity index (χ0v) is 12.9. The van der Waals surface area contributed by atoms with Crippen molar-refractivity contribution in [3.8, 4) is 11.8 Å². The van der Waals surface area contributed by atoms with Gasteiger partial charge in [-0.2, -0.15) is 5.26 Å². The second-order valence-electron chi connectivity index (χ2n) is 5.58. The molecule has 2 aliphatic heterocycles. The third-order valence-corrected chi connectivity index (χ3v) is 4.12. The maximum atomic E-state index is 12.9. The van der Waals surface area contributed by atoms with Crippen molar-refractivity contribution >= 4 is 17.8 Å². The number of nitriles is 1. The molecule has 1 fully saturated rings. The zero-order chi connectivity index (χ0) is 17.2. The van der Waals surface area contributed by atoms with Gasteiger partial charge in [0.2, 0.25) is 5.91 Å². The summed E-state index contributed by atoms with van der Waals surface area (Å²) in [7, 11) is 0. The largest absolute Gasteiger partial charge is 0.493 e. The van der Waals surface area contributed by atoms with E-state index in [0.717, 1.165) is 4.90 Å². The van der Waals surface area contributed by atoms with Crippen LogP contribution in [-0.4, -0.2) is 42.4 Å². The van der Waals surface area contributed by atoms with Crippen LogP contribution in [-0.2, 0) is 15.1 Å². The molecule has 2 heterocycles. The number of ether oxygens (including phenoxy) is 1. The highest BCUT2D eigenvalue weighted by molar-refractivity contribution is 6.09. The van der Waals surface area contributed by atoms with Crippen LogP contribution in [0.5, 0.6) is 5.75 Å². The van der Waals surface area contributed by atoms with Crippen molar-refractivity contribution in [1.82, 2.24) is 15.5 Å². The lowest BCUT2D eigenvalue weighted by atomic mass is 9.84. The lowest BCUT2D eigenvalue weighted by Crippen LogP contribution is -2.48. The first kappa shape index (κ1) is 15.8. The lowest BCUT2D eigenvalue weighted by Gasteiger charge is -2.33. The number of hydrogen-bond acceptors (Lipinski definition) is 5. The summed E-state index contributed by atoms with van der Waals surface area (Å²) in [6, 6.07) is 8.34. The van der Waals surface area contributed by atoms with E-state index in [1.807, 2.05) is 6.07 Å². The van der Waals surface area contributed by atoms with Gasteiger partial charge in [0.05, 0.1) is 19.1 Å². The third kappa shape index (κ3) is 2.54. The fraction of sp³-hybridized carbons (Fsp3) is 0.375. The van der Waals surface area contributed by atoms with Crippen LogP contribution < -0.4 is 15.4 Å². The molecule has 4 amide bonds. The van der Waals surface area contributed by atoms with Crippen molar-refractivity contribution in [2.24, 2.45) is 0 Å².